The molecule has 2 unspecified atom stereocenters. The summed E-state index contributed by atoms with van der Waals surface area (Å²) in [5.41, 5.74) is 0.730. The highest BCUT2D eigenvalue weighted by Gasteiger charge is 2.37. The third-order valence-electron chi connectivity index (χ3n) is 5.83. The number of halogens is 1. The normalized spacial score (nSPS) is 22.3. The summed E-state index contributed by atoms with van der Waals surface area (Å²) in [6.07, 6.45) is 10.3. The molecule has 1 aromatic rings. The maximum Gasteiger partial charge on any atom is 0.412 e. The lowest BCUT2D eigenvalue weighted by Crippen LogP contribution is -3.15. The molecule has 1 amide bonds. The summed E-state index contributed by atoms with van der Waals surface area (Å²) in [7, 11) is 0. The smallest absolute Gasteiger partial charge is 0.412 e. The van der Waals surface area contributed by atoms with Gasteiger partial charge in [-0.05, 0) is 37.8 Å². The van der Waals surface area contributed by atoms with E-state index < -0.39 is 0 Å². The number of quaternary nitrogens is 1. The molecule has 2 N–H and O–H groups in total. The molecule has 0 aromatic heterocycles. The van der Waals surface area contributed by atoms with Gasteiger partial charge in [0.2, 0.25) is 0 Å². The summed E-state index contributed by atoms with van der Waals surface area (Å²) < 4.78 is 11.6. The second kappa shape index (κ2) is 12.2. The standard InChI is InChI=1S/C22H34N2O3.ClH/c1-2-3-8-16-26-19-11-9-10-18(17-19)23-22(25)27-21-13-5-4-12-20(21)24-14-6-7-15-24;/h9-11,17,20-21H,2-8,12-16H2,1H3,(H,23,25);1H. The number of hydrogen-bond acceptors (Lipinski definition) is 3. The Kier molecular flexibility index (Phi) is 9.93. The van der Waals surface area contributed by atoms with Crippen LogP contribution in [0.3, 0.4) is 0 Å². The minimum absolute atomic E-state index is 0. The molecule has 158 valence electrons. The summed E-state index contributed by atoms with van der Waals surface area (Å²) in [6.45, 7) is 5.34. The van der Waals surface area contributed by atoms with Crippen LogP contribution >= 0.6 is 0 Å². The first kappa shape index (κ1) is 22.8. The second-order valence-corrected chi connectivity index (χ2v) is 7.91. The fourth-order valence-corrected chi connectivity index (χ4v) is 4.40. The highest BCUT2D eigenvalue weighted by atomic mass is 35.5. The average molecular weight is 411 g/mol. The lowest BCUT2D eigenvalue weighted by atomic mass is 9.91. The van der Waals surface area contributed by atoms with Gasteiger partial charge in [-0.2, -0.15) is 0 Å². The van der Waals surface area contributed by atoms with Gasteiger partial charge in [0.1, 0.15) is 11.8 Å². The number of unbranched alkanes of at least 4 members (excludes halogenated alkanes) is 2. The van der Waals surface area contributed by atoms with Gasteiger partial charge in [0.25, 0.3) is 0 Å². The Labute approximate surface area is 175 Å². The van der Waals surface area contributed by atoms with Crippen LogP contribution in [0.15, 0.2) is 24.3 Å². The number of amides is 1. The maximum absolute atomic E-state index is 12.5. The van der Waals surface area contributed by atoms with Crippen molar-refractivity contribution in [2.45, 2.75) is 76.9 Å². The third kappa shape index (κ3) is 6.85. The molecule has 6 heteroatoms. The highest BCUT2D eigenvalue weighted by Crippen LogP contribution is 2.22. The van der Waals surface area contributed by atoms with Crippen molar-refractivity contribution in [3.05, 3.63) is 24.3 Å². The summed E-state index contributed by atoms with van der Waals surface area (Å²) in [4.78, 5) is 14.1. The van der Waals surface area contributed by atoms with E-state index in [0.717, 1.165) is 30.7 Å². The minimum atomic E-state index is -0.339. The Balaban J connectivity index is 0.00000280. The molecular weight excluding hydrogens is 376 g/mol. The maximum atomic E-state index is 12.5. The Morgan fingerprint density at radius 2 is 1.93 bits per heavy atom. The highest BCUT2D eigenvalue weighted by molar-refractivity contribution is 5.85. The van der Waals surface area contributed by atoms with Crippen LogP contribution < -0.4 is 27.4 Å². The molecule has 28 heavy (non-hydrogen) atoms. The molecule has 0 radical (unpaired) electrons. The lowest BCUT2D eigenvalue weighted by molar-refractivity contribution is -0.918. The van der Waals surface area contributed by atoms with E-state index >= 15 is 0 Å². The number of carbonyl (C=O) groups excluding carboxylic acids is 1. The van der Waals surface area contributed by atoms with Crippen molar-refractivity contribution >= 4 is 11.8 Å². The first-order chi connectivity index (χ1) is 13.3. The molecular formula is C22H35ClN2O3. The van der Waals surface area contributed by atoms with Gasteiger partial charge in [-0.25, -0.2) is 4.79 Å². The van der Waals surface area contributed by atoms with Crippen LogP contribution in [0.25, 0.3) is 0 Å². The van der Waals surface area contributed by atoms with Crippen LogP contribution in [-0.4, -0.2) is 37.9 Å². The van der Waals surface area contributed by atoms with Crippen molar-refractivity contribution in [1.82, 2.24) is 0 Å². The molecule has 2 aliphatic rings. The fraction of sp³-hybridized carbons (Fsp3) is 0.682. The molecule has 1 heterocycles. The number of nitrogens with one attached hydrogen (secondary N) is 2. The molecule has 2 fully saturated rings. The Bertz CT molecular complexity index is 593. The number of rotatable bonds is 8. The molecule has 5 nitrogen and oxygen atoms in total. The van der Waals surface area contributed by atoms with E-state index in [2.05, 4.69) is 12.2 Å². The van der Waals surface area contributed by atoms with E-state index in [9.17, 15) is 4.79 Å². The van der Waals surface area contributed by atoms with Gasteiger partial charge >= 0.3 is 6.09 Å². The fourth-order valence-electron chi connectivity index (χ4n) is 4.40. The largest absolute Gasteiger partial charge is 1.00 e. The zero-order valence-corrected chi connectivity index (χ0v) is 17.8. The number of likely N-dealkylation sites (tertiary alicyclic amines) is 1. The monoisotopic (exact) mass is 410 g/mol. The second-order valence-electron chi connectivity index (χ2n) is 7.91. The van der Waals surface area contributed by atoms with Crippen molar-refractivity contribution in [3.63, 3.8) is 0 Å². The minimum Gasteiger partial charge on any atom is -1.00 e. The Morgan fingerprint density at radius 3 is 2.71 bits per heavy atom. The van der Waals surface area contributed by atoms with Gasteiger partial charge in [-0.15, -0.1) is 0 Å². The average Bonchev–Trinajstić information content (AvgIpc) is 3.20. The lowest BCUT2D eigenvalue weighted by Gasteiger charge is -2.34. The molecule has 1 aliphatic carbocycles. The van der Waals surface area contributed by atoms with Gasteiger partial charge in [0.15, 0.2) is 6.10 Å². The van der Waals surface area contributed by atoms with E-state index in [1.165, 1.54) is 51.6 Å². The zero-order chi connectivity index (χ0) is 18.9. The molecule has 1 saturated carbocycles. The van der Waals surface area contributed by atoms with Crippen LogP contribution in [0, 0.1) is 0 Å². The van der Waals surface area contributed by atoms with E-state index in [0.29, 0.717) is 12.6 Å². The van der Waals surface area contributed by atoms with Crippen LogP contribution in [0.4, 0.5) is 10.5 Å². The molecule has 3 rings (SSSR count). The number of carbonyl (C=O) groups is 1. The summed E-state index contributed by atoms with van der Waals surface area (Å²) in [5, 5.41) is 2.89. The van der Waals surface area contributed by atoms with Gasteiger partial charge < -0.3 is 26.8 Å². The van der Waals surface area contributed by atoms with Crippen LogP contribution in [0.2, 0.25) is 0 Å². The Morgan fingerprint density at radius 1 is 1.14 bits per heavy atom. The van der Waals surface area contributed by atoms with E-state index in [1.807, 2.05) is 24.3 Å². The van der Waals surface area contributed by atoms with E-state index in [1.54, 1.807) is 4.90 Å². The molecule has 1 saturated heterocycles. The topological polar surface area (TPSA) is 52.0 Å². The van der Waals surface area contributed by atoms with Crippen LogP contribution in [0.1, 0.15) is 64.7 Å². The number of ether oxygens (including phenoxy) is 2. The van der Waals surface area contributed by atoms with Gasteiger partial charge in [-0.1, -0.05) is 25.8 Å². The SMILES string of the molecule is CCCCCOc1cccc(NC(=O)OC2CCCCC2[NH+]2CCCC2)c1.[Cl-]. The van der Waals surface area contributed by atoms with Crippen molar-refractivity contribution < 1.29 is 31.6 Å². The molecule has 1 aliphatic heterocycles. The van der Waals surface area contributed by atoms with Gasteiger partial charge in [0.05, 0.1) is 19.7 Å². The quantitative estimate of drug-likeness (QED) is 0.623. The first-order valence-corrected chi connectivity index (χ1v) is 10.8. The zero-order valence-electron chi connectivity index (χ0n) is 17.1. The van der Waals surface area contributed by atoms with Crippen molar-refractivity contribution in [2.24, 2.45) is 0 Å². The first-order valence-electron chi connectivity index (χ1n) is 10.8. The van der Waals surface area contributed by atoms with Crippen LogP contribution in [-0.2, 0) is 4.74 Å². The predicted molar refractivity (Wildman–Crippen MR) is 108 cm³/mol. The molecule has 2 atom stereocenters. The molecule has 1 aromatic carbocycles. The number of anilines is 1. The van der Waals surface area contributed by atoms with Crippen molar-refractivity contribution in [2.75, 3.05) is 25.0 Å². The summed E-state index contributed by atoms with van der Waals surface area (Å²) in [6, 6.07) is 8.06. The Hall–Kier alpha value is -1.46. The van der Waals surface area contributed by atoms with Crippen molar-refractivity contribution in [1.29, 1.82) is 0 Å². The summed E-state index contributed by atoms with van der Waals surface area (Å²) >= 11 is 0. The van der Waals surface area contributed by atoms with Crippen molar-refractivity contribution in [3.8, 4) is 5.75 Å². The third-order valence-corrected chi connectivity index (χ3v) is 5.83. The van der Waals surface area contributed by atoms with Gasteiger partial charge in [-0.3, -0.25) is 5.32 Å². The number of benzene rings is 1. The van der Waals surface area contributed by atoms with Crippen LogP contribution in [0.5, 0.6) is 5.75 Å². The van der Waals surface area contributed by atoms with E-state index in [4.69, 9.17) is 9.47 Å². The summed E-state index contributed by atoms with van der Waals surface area (Å²) in [5.74, 6) is 0.793. The number of hydrogen-bond donors (Lipinski definition) is 2. The van der Waals surface area contributed by atoms with Gasteiger partial charge in [0, 0.05) is 31.0 Å². The molecule has 0 bridgehead atoms. The molecule has 0 spiro atoms. The predicted octanol–water partition coefficient (Wildman–Crippen LogP) is 0.798. The van der Waals surface area contributed by atoms with E-state index in [-0.39, 0.29) is 24.6 Å².